The molecule has 0 saturated heterocycles. The van der Waals surface area contributed by atoms with E-state index in [-0.39, 0.29) is 11.5 Å². The van der Waals surface area contributed by atoms with Gasteiger partial charge >= 0.3 is 0 Å². The third-order valence-electron chi connectivity index (χ3n) is 1.63. The van der Waals surface area contributed by atoms with Crippen LogP contribution in [-0.2, 0) is 0 Å². The Morgan fingerprint density at radius 3 is 2.36 bits per heavy atom. The summed E-state index contributed by atoms with van der Waals surface area (Å²) in [6, 6.07) is 0. The van der Waals surface area contributed by atoms with E-state index in [1.165, 1.54) is 0 Å². The number of allylic oxidation sites excluding steroid dienone is 2. The quantitative estimate of drug-likeness (QED) is 0.619. The Morgan fingerprint density at radius 1 is 1.45 bits per heavy atom. The van der Waals surface area contributed by atoms with Gasteiger partial charge in [-0.15, -0.1) is 0 Å². The van der Waals surface area contributed by atoms with Crippen molar-refractivity contribution in [3.63, 3.8) is 0 Å². The van der Waals surface area contributed by atoms with E-state index in [1.54, 1.807) is 6.08 Å². The van der Waals surface area contributed by atoms with Gasteiger partial charge in [0.15, 0.2) is 0 Å². The first-order valence-corrected chi connectivity index (χ1v) is 3.94. The van der Waals surface area contributed by atoms with Gasteiger partial charge < -0.3 is 5.11 Å². The molecular weight excluding hydrogens is 136 g/mol. The highest BCUT2D eigenvalue weighted by Gasteiger charge is 2.19. The first kappa shape index (κ1) is 10.4. The molecule has 1 atom stereocenters. The molecule has 1 N–H and O–H groups in total. The van der Waals surface area contributed by atoms with Crippen LogP contribution in [0.15, 0.2) is 24.8 Å². The SMILES string of the molecule is C=C/C=C/CC(O)C(C)(C)C. The van der Waals surface area contributed by atoms with Gasteiger partial charge in [-0.2, -0.15) is 0 Å². The lowest BCUT2D eigenvalue weighted by Gasteiger charge is -2.24. The van der Waals surface area contributed by atoms with Crippen molar-refractivity contribution >= 4 is 0 Å². The first-order chi connectivity index (χ1) is 4.98. The van der Waals surface area contributed by atoms with Gasteiger partial charge in [0.05, 0.1) is 6.10 Å². The molecule has 1 heteroatoms. The van der Waals surface area contributed by atoms with Gasteiger partial charge in [-0.3, -0.25) is 0 Å². The topological polar surface area (TPSA) is 20.2 Å². The van der Waals surface area contributed by atoms with Crippen LogP contribution in [0.3, 0.4) is 0 Å². The van der Waals surface area contributed by atoms with E-state index in [1.807, 2.05) is 32.9 Å². The molecule has 0 aliphatic heterocycles. The summed E-state index contributed by atoms with van der Waals surface area (Å²) in [5.74, 6) is 0. The van der Waals surface area contributed by atoms with Crippen molar-refractivity contribution in [2.45, 2.75) is 33.3 Å². The molecule has 0 saturated carbocycles. The summed E-state index contributed by atoms with van der Waals surface area (Å²) in [5, 5.41) is 9.53. The van der Waals surface area contributed by atoms with E-state index in [0.29, 0.717) is 6.42 Å². The van der Waals surface area contributed by atoms with Crippen LogP contribution < -0.4 is 0 Å². The minimum Gasteiger partial charge on any atom is -0.392 e. The molecule has 0 amide bonds. The van der Waals surface area contributed by atoms with Crippen LogP contribution in [0.5, 0.6) is 0 Å². The van der Waals surface area contributed by atoms with Gasteiger partial charge in [-0.25, -0.2) is 0 Å². The molecule has 0 radical (unpaired) electrons. The summed E-state index contributed by atoms with van der Waals surface area (Å²) in [6.45, 7) is 9.63. The highest BCUT2D eigenvalue weighted by Crippen LogP contribution is 2.21. The zero-order valence-electron chi connectivity index (χ0n) is 7.67. The molecular formula is C10H18O. The van der Waals surface area contributed by atoms with Gasteiger partial charge in [-0.1, -0.05) is 45.6 Å². The summed E-state index contributed by atoms with van der Waals surface area (Å²) in [5.41, 5.74) is -0.0223. The molecule has 0 fully saturated rings. The van der Waals surface area contributed by atoms with Crippen LogP contribution in [0.4, 0.5) is 0 Å². The maximum Gasteiger partial charge on any atom is 0.0622 e. The number of rotatable bonds is 3. The standard InChI is InChI=1S/C10H18O/c1-5-6-7-8-9(11)10(2,3)4/h5-7,9,11H,1,8H2,2-4H3/b7-6+. The van der Waals surface area contributed by atoms with Crippen molar-refractivity contribution in [3.05, 3.63) is 24.8 Å². The Hall–Kier alpha value is -0.560. The van der Waals surface area contributed by atoms with Crippen molar-refractivity contribution in [1.29, 1.82) is 0 Å². The number of hydrogen-bond donors (Lipinski definition) is 1. The number of aliphatic hydroxyl groups excluding tert-OH is 1. The lowest BCUT2D eigenvalue weighted by atomic mass is 9.87. The van der Waals surface area contributed by atoms with Crippen LogP contribution >= 0.6 is 0 Å². The highest BCUT2D eigenvalue weighted by atomic mass is 16.3. The molecule has 0 aromatic carbocycles. The minimum absolute atomic E-state index is 0.0223. The fraction of sp³-hybridized carbons (Fsp3) is 0.600. The minimum atomic E-state index is -0.265. The van der Waals surface area contributed by atoms with Gasteiger partial charge in [0.2, 0.25) is 0 Å². The maximum atomic E-state index is 9.53. The molecule has 1 unspecified atom stereocenters. The van der Waals surface area contributed by atoms with E-state index in [0.717, 1.165) is 0 Å². The second-order valence-corrected chi connectivity index (χ2v) is 3.78. The normalized spacial score (nSPS) is 15.3. The highest BCUT2D eigenvalue weighted by molar-refractivity contribution is 4.98. The van der Waals surface area contributed by atoms with Crippen molar-refractivity contribution < 1.29 is 5.11 Å². The Kier molecular flexibility index (Phi) is 4.12. The maximum absolute atomic E-state index is 9.53. The first-order valence-electron chi connectivity index (χ1n) is 3.94. The average molecular weight is 154 g/mol. The van der Waals surface area contributed by atoms with Gasteiger partial charge in [-0.05, 0) is 11.8 Å². The van der Waals surface area contributed by atoms with Crippen LogP contribution in [0.25, 0.3) is 0 Å². The monoisotopic (exact) mass is 154 g/mol. The second-order valence-electron chi connectivity index (χ2n) is 3.78. The van der Waals surface area contributed by atoms with E-state index < -0.39 is 0 Å². The predicted molar refractivity (Wildman–Crippen MR) is 49.4 cm³/mol. The fourth-order valence-corrected chi connectivity index (χ4v) is 0.657. The molecule has 0 bridgehead atoms. The van der Waals surface area contributed by atoms with E-state index >= 15 is 0 Å². The molecule has 64 valence electrons. The summed E-state index contributed by atoms with van der Waals surface area (Å²) < 4.78 is 0. The third kappa shape index (κ3) is 4.79. The molecule has 0 heterocycles. The molecule has 1 nitrogen and oxygen atoms in total. The predicted octanol–water partition coefficient (Wildman–Crippen LogP) is 2.53. The van der Waals surface area contributed by atoms with Crippen molar-refractivity contribution in [2.24, 2.45) is 5.41 Å². The Labute approximate surface area is 69.4 Å². The van der Waals surface area contributed by atoms with Crippen molar-refractivity contribution in [3.8, 4) is 0 Å². The second kappa shape index (κ2) is 4.35. The van der Waals surface area contributed by atoms with Gasteiger partial charge in [0, 0.05) is 0 Å². The Balaban J connectivity index is 3.78. The number of hydrogen-bond acceptors (Lipinski definition) is 1. The van der Waals surface area contributed by atoms with Crippen LogP contribution in [0.2, 0.25) is 0 Å². The summed E-state index contributed by atoms with van der Waals surface area (Å²) in [4.78, 5) is 0. The van der Waals surface area contributed by atoms with Crippen LogP contribution in [-0.4, -0.2) is 11.2 Å². The molecule has 0 aromatic rings. The lowest BCUT2D eigenvalue weighted by Crippen LogP contribution is -2.24. The van der Waals surface area contributed by atoms with E-state index in [2.05, 4.69) is 6.58 Å². The van der Waals surface area contributed by atoms with Gasteiger partial charge in [0.25, 0.3) is 0 Å². The molecule has 0 aromatic heterocycles. The van der Waals surface area contributed by atoms with Crippen LogP contribution in [0, 0.1) is 5.41 Å². The lowest BCUT2D eigenvalue weighted by molar-refractivity contribution is 0.0659. The third-order valence-corrected chi connectivity index (χ3v) is 1.63. The zero-order valence-corrected chi connectivity index (χ0v) is 7.67. The smallest absolute Gasteiger partial charge is 0.0622 e. The molecule has 0 aliphatic carbocycles. The summed E-state index contributed by atoms with van der Waals surface area (Å²) in [6.07, 6.45) is 5.95. The number of aliphatic hydroxyl groups is 1. The Bertz CT molecular complexity index is 139. The van der Waals surface area contributed by atoms with Crippen molar-refractivity contribution in [1.82, 2.24) is 0 Å². The molecule has 0 spiro atoms. The summed E-state index contributed by atoms with van der Waals surface area (Å²) >= 11 is 0. The van der Waals surface area contributed by atoms with E-state index in [9.17, 15) is 5.11 Å². The zero-order chi connectivity index (χ0) is 8.91. The van der Waals surface area contributed by atoms with Crippen molar-refractivity contribution in [2.75, 3.05) is 0 Å². The Morgan fingerprint density at radius 2 is 2.00 bits per heavy atom. The van der Waals surface area contributed by atoms with Gasteiger partial charge in [0.1, 0.15) is 0 Å². The summed E-state index contributed by atoms with van der Waals surface area (Å²) in [7, 11) is 0. The molecule has 0 rings (SSSR count). The van der Waals surface area contributed by atoms with E-state index in [4.69, 9.17) is 0 Å². The van der Waals surface area contributed by atoms with Crippen LogP contribution in [0.1, 0.15) is 27.2 Å². The molecule has 11 heavy (non-hydrogen) atoms. The largest absolute Gasteiger partial charge is 0.392 e. The average Bonchev–Trinajstić information content (AvgIpc) is 1.86. The fourth-order valence-electron chi connectivity index (χ4n) is 0.657. The molecule has 0 aliphatic rings.